The Morgan fingerprint density at radius 2 is 1.62 bits per heavy atom. The highest BCUT2D eigenvalue weighted by Gasteiger charge is 2.13. The molecule has 1 atom stereocenters. The molecule has 1 unspecified atom stereocenters. The molecule has 5 heteroatoms. The zero-order chi connectivity index (χ0) is 20.6. The summed E-state index contributed by atoms with van der Waals surface area (Å²) in [5.41, 5.74) is 3.31. The van der Waals surface area contributed by atoms with Gasteiger partial charge in [0.1, 0.15) is 6.61 Å². The van der Waals surface area contributed by atoms with Crippen LogP contribution in [0.2, 0.25) is 5.02 Å². The van der Waals surface area contributed by atoms with Crippen LogP contribution in [0.4, 0.5) is 0 Å². The van der Waals surface area contributed by atoms with Crippen molar-refractivity contribution in [2.75, 3.05) is 6.61 Å². The second-order valence-electron chi connectivity index (χ2n) is 6.72. The van der Waals surface area contributed by atoms with Crippen molar-refractivity contribution >= 4 is 27.5 Å². The van der Waals surface area contributed by atoms with E-state index in [1.54, 1.807) is 0 Å². The number of halogens is 2. The normalized spacial score (nSPS) is 11.9. The van der Waals surface area contributed by atoms with Gasteiger partial charge in [0.05, 0.1) is 6.61 Å². The highest BCUT2D eigenvalue weighted by molar-refractivity contribution is 9.10. The number of hydrogen-bond acceptors (Lipinski definition) is 3. The number of benzene rings is 3. The van der Waals surface area contributed by atoms with Crippen molar-refractivity contribution in [3.8, 4) is 11.5 Å². The Labute approximate surface area is 186 Å². The molecule has 3 rings (SSSR count). The Morgan fingerprint density at radius 3 is 2.34 bits per heavy atom. The smallest absolute Gasteiger partial charge is 0.162 e. The van der Waals surface area contributed by atoms with E-state index in [9.17, 15) is 0 Å². The third-order valence-electron chi connectivity index (χ3n) is 4.65. The summed E-state index contributed by atoms with van der Waals surface area (Å²) in [7, 11) is 0. The van der Waals surface area contributed by atoms with Gasteiger partial charge in [-0.05, 0) is 43.2 Å². The molecule has 29 heavy (non-hydrogen) atoms. The molecule has 0 aliphatic rings. The van der Waals surface area contributed by atoms with E-state index in [4.69, 9.17) is 21.1 Å². The van der Waals surface area contributed by atoms with Gasteiger partial charge >= 0.3 is 0 Å². The van der Waals surface area contributed by atoms with Gasteiger partial charge in [0.15, 0.2) is 11.5 Å². The van der Waals surface area contributed by atoms with Crippen molar-refractivity contribution in [3.63, 3.8) is 0 Å². The van der Waals surface area contributed by atoms with E-state index in [0.717, 1.165) is 21.3 Å². The second-order valence-corrected chi connectivity index (χ2v) is 7.98. The van der Waals surface area contributed by atoms with E-state index < -0.39 is 0 Å². The molecule has 0 aliphatic carbocycles. The fourth-order valence-electron chi connectivity index (χ4n) is 2.99. The fourth-order valence-corrected chi connectivity index (χ4v) is 3.64. The molecule has 0 saturated heterocycles. The molecule has 3 nitrogen and oxygen atoms in total. The quantitative estimate of drug-likeness (QED) is 0.365. The van der Waals surface area contributed by atoms with E-state index in [1.807, 2.05) is 49.4 Å². The lowest BCUT2D eigenvalue weighted by molar-refractivity contribution is 0.269. The standard InChI is InChI=1S/C24H25BrClNO2/c1-3-28-23-13-20(15-27-17(2)18-9-5-4-6-10-18)21(25)14-24(23)29-16-19-11-7-8-12-22(19)26/h4-14,17,27H,3,15-16H2,1-2H3. The average Bonchev–Trinajstić information content (AvgIpc) is 2.74. The first-order valence-corrected chi connectivity index (χ1v) is 10.8. The SMILES string of the molecule is CCOc1cc(CNC(C)c2ccccc2)c(Br)cc1OCc1ccccc1Cl. The molecule has 0 spiro atoms. The van der Waals surface area contributed by atoms with Crippen molar-refractivity contribution in [3.05, 3.63) is 92.9 Å². The number of hydrogen-bond donors (Lipinski definition) is 1. The molecule has 0 radical (unpaired) electrons. The van der Waals surface area contributed by atoms with Crippen LogP contribution in [0.15, 0.2) is 71.2 Å². The third kappa shape index (κ3) is 5.99. The molecular weight excluding hydrogens is 450 g/mol. The maximum Gasteiger partial charge on any atom is 0.162 e. The van der Waals surface area contributed by atoms with Gasteiger partial charge in [0, 0.05) is 27.6 Å². The van der Waals surface area contributed by atoms with Crippen molar-refractivity contribution in [1.82, 2.24) is 5.32 Å². The van der Waals surface area contributed by atoms with Gasteiger partial charge in [-0.3, -0.25) is 0 Å². The molecule has 0 amide bonds. The van der Waals surface area contributed by atoms with Crippen LogP contribution in [0.1, 0.15) is 36.6 Å². The van der Waals surface area contributed by atoms with Gasteiger partial charge in [-0.1, -0.05) is 76.1 Å². The average molecular weight is 475 g/mol. The summed E-state index contributed by atoms with van der Waals surface area (Å²) in [6, 6.07) is 22.3. The van der Waals surface area contributed by atoms with Crippen LogP contribution in [0.5, 0.6) is 11.5 Å². The maximum atomic E-state index is 6.24. The summed E-state index contributed by atoms with van der Waals surface area (Å²) < 4.78 is 12.8. The van der Waals surface area contributed by atoms with Crippen LogP contribution < -0.4 is 14.8 Å². The molecule has 0 aliphatic heterocycles. The van der Waals surface area contributed by atoms with Gasteiger partial charge in [-0.15, -0.1) is 0 Å². The molecule has 0 heterocycles. The highest BCUT2D eigenvalue weighted by atomic mass is 79.9. The fraction of sp³-hybridized carbons (Fsp3) is 0.250. The summed E-state index contributed by atoms with van der Waals surface area (Å²) in [5, 5.41) is 4.26. The lowest BCUT2D eigenvalue weighted by Crippen LogP contribution is -2.18. The third-order valence-corrected chi connectivity index (χ3v) is 5.76. The summed E-state index contributed by atoms with van der Waals surface area (Å²) in [6.07, 6.45) is 0. The summed E-state index contributed by atoms with van der Waals surface area (Å²) >= 11 is 9.92. The van der Waals surface area contributed by atoms with Crippen LogP contribution >= 0.6 is 27.5 Å². The first kappa shape index (κ1) is 21.7. The predicted octanol–water partition coefficient (Wildman–Crippen LogP) is 6.93. The van der Waals surface area contributed by atoms with Crippen LogP contribution in [0.25, 0.3) is 0 Å². The van der Waals surface area contributed by atoms with E-state index in [2.05, 4.69) is 52.4 Å². The summed E-state index contributed by atoms with van der Waals surface area (Å²) in [6.45, 7) is 5.79. The topological polar surface area (TPSA) is 30.5 Å². The predicted molar refractivity (Wildman–Crippen MR) is 123 cm³/mol. The minimum Gasteiger partial charge on any atom is -0.490 e. The van der Waals surface area contributed by atoms with Crippen LogP contribution in [-0.2, 0) is 13.2 Å². The van der Waals surface area contributed by atoms with E-state index in [0.29, 0.717) is 30.5 Å². The van der Waals surface area contributed by atoms with Crippen molar-refractivity contribution < 1.29 is 9.47 Å². The lowest BCUT2D eigenvalue weighted by atomic mass is 10.1. The Bertz CT molecular complexity index is 933. The van der Waals surface area contributed by atoms with E-state index >= 15 is 0 Å². The Kier molecular flexibility index (Phi) is 7.99. The Balaban J connectivity index is 1.72. The summed E-state index contributed by atoms with van der Waals surface area (Å²) in [4.78, 5) is 0. The largest absolute Gasteiger partial charge is 0.490 e. The van der Waals surface area contributed by atoms with E-state index in [1.165, 1.54) is 5.56 Å². The molecule has 152 valence electrons. The van der Waals surface area contributed by atoms with Gasteiger partial charge in [0.2, 0.25) is 0 Å². The monoisotopic (exact) mass is 473 g/mol. The molecule has 0 fully saturated rings. The van der Waals surface area contributed by atoms with Crippen molar-refractivity contribution in [2.24, 2.45) is 0 Å². The first-order chi connectivity index (χ1) is 14.1. The minimum absolute atomic E-state index is 0.245. The zero-order valence-electron chi connectivity index (χ0n) is 16.6. The maximum absolute atomic E-state index is 6.24. The second kappa shape index (κ2) is 10.7. The van der Waals surface area contributed by atoms with Gasteiger partial charge in [-0.25, -0.2) is 0 Å². The Morgan fingerprint density at radius 1 is 0.931 bits per heavy atom. The number of nitrogens with one attached hydrogen (secondary N) is 1. The summed E-state index contributed by atoms with van der Waals surface area (Å²) in [5.74, 6) is 1.42. The first-order valence-electron chi connectivity index (χ1n) is 9.68. The van der Waals surface area contributed by atoms with Gasteiger partial charge < -0.3 is 14.8 Å². The number of ether oxygens (including phenoxy) is 2. The molecule has 0 saturated carbocycles. The molecule has 0 aromatic heterocycles. The van der Waals surface area contributed by atoms with Crippen LogP contribution in [0.3, 0.4) is 0 Å². The highest BCUT2D eigenvalue weighted by Crippen LogP contribution is 2.35. The zero-order valence-corrected chi connectivity index (χ0v) is 19.0. The minimum atomic E-state index is 0.245. The molecule has 3 aromatic carbocycles. The van der Waals surface area contributed by atoms with Crippen molar-refractivity contribution in [2.45, 2.75) is 33.0 Å². The van der Waals surface area contributed by atoms with Gasteiger partial charge in [0.25, 0.3) is 0 Å². The molecule has 0 bridgehead atoms. The lowest BCUT2D eigenvalue weighted by Gasteiger charge is -2.18. The van der Waals surface area contributed by atoms with Crippen LogP contribution in [-0.4, -0.2) is 6.61 Å². The van der Waals surface area contributed by atoms with E-state index in [-0.39, 0.29) is 6.04 Å². The van der Waals surface area contributed by atoms with Gasteiger partial charge in [-0.2, -0.15) is 0 Å². The van der Waals surface area contributed by atoms with Crippen molar-refractivity contribution in [1.29, 1.82) is 0 Å². The van der Waals surface area contributed by atoms with Crippen LogP contribution in [0, 0.1) is 0 Å². The molecule has 1 N–H and O–H groups in total. The number of rotatable bonds is 9. The molecule has 3 aromatic rings. The Hall–Kier alpha value is -2.01. The molecular formula is C24H25BrClNO2.